The van der Waals surface area contributed by atoms with Gasteiger partial charge in [0.2, 0.25) is 5.91 Å². The first-order valence-corrected chi connectivity index (χ1v) is 7.86. The van der Waals surface area contributed by atoms with Crippen LogP contribution in [-0.2, 0) is 4.79 Å². The van der Waals surface area contributed by atoms with Crippen molar-refractivity contribution < 1.29 is 9.18 Å². The second kappa shape index (κ2) is 7.77. The number of hydrogen-bond acceptors (Lipinski definition) is 2. The zero-order valence-corrected chi connectivity index (χ0v) is 13.8. The largest absolute Gasteiger partial charge is 0.373 e. The van der Waals surface area contributed by atoms with Crippen LogP contribution in [0.1, 0.15) is 31.7 Å². The molecule has 1 N–H and O–H groups in total. The monoisotopic (exact) mass is 314 g/mol. The maximum absolute atomic E-state index is 13.3. The van der Waals surface area contributed by atoms with Crippen LogP contribution in [0.15, 0.2) is 48.5 Å². The molecule has 2 aromatic carbocycles. The number of nitrogens with one attached hydrogen (secondary N) is 1. The van der Waals surface area contributed by atoms with Crippen LogP contribution in [0, 0.1) is 5.82 Å². The van der Waals surface area contributed by atoms with Crippen LogP contribution in [0.4, 0.5) is 15.8 Å². The van der Waals surface area contributed by atoms with Crippen molar-refractivity contribution in [3.05, 3.63) is 59.9 Å². The minimum absolute atomic E-state index is 0.0400. The van der Waals surface area contributed by atoms with Crippen LogP contribution in [0.2, 0.25) is 0 Å². The molecule has 0 aromatic heterocycles. The van der Waals surface area contributed by atoms with Crippen molar-refractivity contribution in [1.29, 1.82) is 0 Å². The molecule has 1 atom stereocenters. The van der Waals surface area contributed by atoms with E-state index in [4.69, 9.17) is 0 Å². The van der Waals surface area contributed by atoms with Crippen LogP contribution in [0.25, 0.3) is 0 Å². The summed E-state index contributed by atoms with van der Waals surface area (Å²) in [7, 11) is 1.99. The molecule has 122 valence electrons. The third kappa shape index (κ3) is 4.55. The third-order valence-corrected chi connectivity index (χ3v) is 3.97. The van der Waals surface area contributed by atoms with E-state index in [9.17, 15) is 9.18 Å². The smallest absolute Gasteiger partial charge is 0.225 e. The van der Waals surface area contributed by atoms with Gasteiger partial charge in [-0.3, -0.25) is 4.79 Å². The summed E-state index contributed by atoms with van der Waals surface area (Å²) in [5, 5.41) is 2.97. The predicted molar refractivity (Wildman–Crippen MR) is 93.4 cm³/mol. The first kappa shape index (κ1) is 17.0. The Morgan fingerprint density at radius 1 is 1.22 bits per heavy atom. The Bertz CT molecular complexity index is 672. The molecule has 0 fully saturated rings. The van der Waals surface area contributed by atoms with E-state index in [1.807, 2.05) is 44.3 Å². The lowest BCUT2D eigenvalue weighted by atomic mass is 9.97. The summed E-state index contributed by atoms with van der Waals surface area (Å²) in [6.45, 7) is 4.84. The lowest BCUT2D eigenvalue weighted by molar-refractivity contribution is -0.116. The summed E-state index contributed by atoms with van der Waals surface area (Å²) in [6, 6.07) is 14.1. The van der Waals surface area contributed by atoms with Crippen LogP contribution in [-0.4, -0.2) is 19.5 Å². The molecular weight excluding hydrogens is 291 g/mol. The van der Waals surface area contributed by atoms with Gasteiger partial charge in [-0.25, -0.2) is 4.39 Å². The maximum atomic E-state index is 13.3. The van der Waals surface area contributed by atoms with Crippen molar-refractivity contribution in [3.8, 4) is 0 Å². The van der Waals surface area contributed by atoms with Crippen molar-refractivity contribution in [2.75, 3.05) is 23.8 Å². The SMILES string of the molecule is CCN(C)c1ccccc1NC(=O)CC(C)c1cccc(F)c1. The number of para-hydroxylation sites is 2. The highest BCUT2D eigenvalue weighted by Crippen LogP contribution is 2.26. The van der Waals surface area contributed by atoms with Gasteiger partial charge in [0.1, 0.15) is 5.82 Å². The zero-order chi connectivity index (χ0) is 16.8. The maximum Gasteiger partial charge on any atom is 0.225 e. The number of nitrogens with zero attached hydrogens (tertiary/aromatic N) is 1. The topological polar surface area (TPSA) is 32.3 Å². The minimum Gasteiger partial charge on any atom is -0.373 e. The fourth-order valence-corrected chi connectivity index (χ4v) is 2.49. The molecule has 0 radical (unpaired) electrons. The molecule has 3 nitrogen and oxygen atoms in total. The van der Waals surface area contributed by atoms with Gasteiger partial charge in [-0.1, -0.05) is 31.2 Å². The van der Waals surface area contributed by atoms with E-state index in [1.54, 1.807) is 6.07 Å². The lowest BCUT2D eigenvalue weighted by Crippen LogP contribution is -2.20. The van der Waals surface area contributed by atoms with E-state index in [0.29, 0.717) is 6.42 Å². The summed E-state index contributed by atoms with van der Waals surface area (Å²) < 4.78 is 13.3. The van der Waals surface area contributed by atoms with Gasteiger partial charge in [0.25, 0.3) is 0 Å². The van der Waals surface area contributed by atoms with Crippen molar-refractivity contribution in [2.24, 2.45) is 0 Å². The number of carbonyl (C=O) groups excluding carboxylic acids is 1. The molecule has 0 saturated heterocycles. The first-order chi connectivity index (χ1) is 11.0. The van der Waals surface area contributed by atoms with Gasteiger partial charge in [0.05, 0.1) is 11.4 Å². The fraction of sp³-hybridized carbons (Fsp3) is 0.316. The minimum atomic E-state index is -0.273. The number of carbonyl (C=O) groups is 1. The van der Waals surface area contributed by atoms with Gasteiger partial charge in [-0.05, 0) is 42.7 Å². The van der Waals surface area contributed by atoms with E-state index < -0.39 is 0 Å². The van der Waals surface area contributed by atoms with Gasteiger partial charge in [-0.15, -0.1) is 0 Å². The van der Waals surface area contributed by atoms with Gasteiger partial charge < -0.3 is 10.2 Å². The number of rotatable bonds is 6. The Kier molecular flexibility index (Phi) is 5.74. The van der Waals surface area contributed by atoms with Crippen LogP contribution in [0.3, 0.4) is 0 Å². The van der Waals surface area contributed by atoms with Crippen molar-refractivity contribution in [3.63, 3.8) is 0 Å². The molecule has 0 aliphatic rings. The van der Waals surface area contributed by atoms with Crippen molar-refractivity contribution in [2.45, 2.75) is 26.2 Å². The van der Waals surface area contributed by atoms with E-state index in [1.165, 1.54) is 12.1 Å². The quantitative estimate of drug-likeness (QED) is 0.856. The number of halogens is 1. The summed E-state index contributed by atoms with van der Waals surface area (Å²) >= 11 is 0. The van der Waals surface area contributed by atoms with E-state index in [2.05, 4.69) is 17.1 Å². The average Bonchev–Trinajstić information content (AvgIpc) is 2.54. The number of amides is 1. The molecule has 0 saturated carbocycles. The second-order valence-corrected chi connectivity index (χ2v) is 5.74. The molecule has 23 heavy (non-hydrogen) atoms. The Balaban J connectivity index is 2.05. The molecule has 1 unspecified atom stereocenters. The van der Waals surface area contributed by atoms with Gasteiger partial charge in [0, 0.05) is 20.0 Å². The Labute approximate surface area is 137 Å². The van der Waals surface area contributed by atoms with Crippen LogP contribution in [0.5, 0.6) is 0 Å². The summed E-state index contributed by atoms with van der Waals surface area (Å²) in [4.78, 5) is 14.4. The normalized spacial score (nSPS) is 11.8. The molecule has 0 bridgehead atoms. The van der Waals surface area contributed by atoms with E-state index in [0.717, 1.165) is 23.5 Å². The van der Waals surface area contributed by atoms with E-state index >= 15 is 0 Å². The Morgan fingerprint density at radius 2 is 1.96 bits per heavy atom. The average molecular weight is 314 g/mol. The van der Waals surface area contributed by atoms with Gasteiger partial charge in [0.15, 0.2) is 0 Å². The zero-order valence-electron chi connectivity index (χ0n) is 13.8. The Morgan fingerprint density at radius 3 is 2.65 bits per heavy atom. The molecule has 2 rings (SSSR count). The third-order valence-electron chi connectivity index (χ3n) is 3.97. The number of anilines is 2. The highest BCUT2D eigenvalue weighted by Gasteiger charge is 2.14. The molecule has 2 aromatic rings. The molecule has 1 amide bonds. The standard InChI is InChI=1S/C19H23FN2O/c1-4-22(3)18-11-6-5-10-17(18)21-19(23)12-14(2)15-8-7-9-16(20)13-15/h5-11,13-14H,4,12H2,1-3H3,(H,21,23). The predicted octanol–water partition coefficient (Wildman–Crippen LogP) is 4.41. The summed E-state index contributed by atoms with van der Waals surface area (Å²) in [5.74, 6) is -0.384. The second-order valence-electron chi connectivity index (χ2n) is 5.74. The van der Waals surface area contributed by atoms with Gasteiger partial charge >= 0.3 is 0 Å². The highest BCUT2D eigenvalue weighted by molar-refractivity contribution is 5.94. The molecule has 4 heteroatoms. The summed E-state index contributed by atoms with van der Waals surface area (Å²) in [6.07, 6.45) is 0.313. The first-order valence-electron chi connectivity index (χ1n) is 7.86. The van der Waals surface area contributed by atoms with Crippen molar-refractivity contribution >= 4 is 17.3 Å². The number of benzene rings is 2. The van der Waals surface area contributed by atoms with Crippen molar-refractivity contribution in [1.82, 2.24) is 0 Å². The molecule has 0 spiro atoms. The molecule has 0 aliphatic heterocycles. The van der Waals surface area contributed by atoms with Gasteiger partial charge in [-0.2, -0.15) is 0 Å². The fourth-order valence-electron chi connectivity index (χ4n) is 2.49. The van der Waals surface area contributed by atoms with Crippen LogP contribution >= 0.6 is 0 Å². The Hall–Kier alpha value is -2.36. The summed E-state index contributed by atoms with van der Waals surface area (Å²) in [5.41, 5.74) is 2.62. The van der Waals surface area contributed by atoms with E-state index in [-0.39, 0.29) is 17.6 Å². The van der Waals surface area contributed by atoms with Crippen LogP contribution < -0.4 is 10.2 Å². The lowest BCUT2D eigenvalue weighted by Gasteiger charge is -2.21. The number of hydrogen-bond donors (Lipinski definition) is 1. The highest BCUT2D eigenvalue weighted by atomic mass is 19.1. The molecule has 0 heterocycles. The molecular formula is C19H23FN2O. The molecule has 0 aliphatic carbocycles.